The van der Waals surface area contributed by atoms with Crippen LogP contribution in [0.25, 0.3) is 0 Å². The van der Waals surface area contributed by atoms with Crippen molar-refractivity contribution < 1.29 is 9.59 Å². The molecule has 1 aliphatic rings. The second kappa shape index (κ2) is 11.4. The van der Waals surface area contributed by atoms with E-state index in [1.165, 1.54) is 0 Å². The second-order valence-electron chi connectivity index (χ2n) is 8.40. The SMILES string of the molecule is Nc1ccccc1NC(=O)c1ccc(Cn2cc(CC(=O)NCCN3CCNCC3)cn2)cc1. The fourth-order valence-corrected chi connectivity index (χ4v) is 3.87. The molecule has 0 saturated carbocycles. The number of aromatic nitrogens is 2. The zero-order chi connectivity index (χ0) is 23.8. The summed E-state index contributed by atoms with van der Waals surface area (Å²) in [6.07, 6.45) is 3.92. The molecule has 0 bridgehead atoms. The Labute approximate surface area is 199 Å². The summed E-state index contributed by atoms with van der Waals surface area (Å²) in [5.74, 6) is -0.210. The van der Waals surface area contributed by atoms with Gasteiger partial charge in [0.25, 0.3) is 5.91 Å². The van der Waals surface area contributed by atoms with Crippen molar-refractivity contribution in [2.24, 2.45) is 0 Å². The fraction of sp³-hybridized carbons (Fsp3) is 0.320. The molecule has 0 aliphatic carbocycles. The molecule has 0 spiro atoms. The van der Waals surface area contributed by atoms with E-state index >= 15 is 0 Å². The van der Waals surface area contributed by atoms with Crippen LogP contribution >= 0.6 is 0 Å². The monoisotopic (exact) mass is 461 g/mol. The summed E-state index contributed by atoms with van der Waals surface area (Å²) in [7, 11) is 0. The average molecular weight is 462 g/mol. The van der Waals surface area contributed by atoms with Gasteiger partial charge in [-0.1, -0.05) is 24.3 Å². The summed E-state index contributed by atoms with van der Waals surface area (Å²) in [6, 6.07) is 14.5. The van der Waals surface area contributed by atoms with Crippen molar-refractivity contribution in [1.82, 2.24) is 25.3 Å². The normalized spacial score (nSPS) is 14.0. The van der Waals surface area contributed by atoms with Gasteiger partial charge >= 0.3 is 0 Å². The molecule has 1 saturated heterocycles. The van der Waals surface area contributed by atoms with Crippen LogP contribution in [0.3, 0.4) is 0 Å². The molecule has 2 aromatic carbocycles. The largest absolute Gasteiger partial charge is 0.397 e. The molecule has 0 unspecified atom stereocenters. The van der Waals surface area contributed by atoms with Crippen LogP contribution in [0, 0.1) is 0 Å². The van der Waals surface area contributed by atoms with E-state index in [1.54, 1.807) is 35.1 Å². The van der Waals surface area contributed by atoms with Gasteiger partial charge < -0.3 is 21.7 Å². The molecule has 0 atom stereocenters. The van der Waals surface area contributed by atoms with Crippen molar-refractivity contribution in [3.63, 3.8) is 0 Å². The number of nitrogen functional groups attached to an aromatic ring is 1. The van der Waals surface area contributed by atoms with Crippen LogP contribution in [0.1, 0.15) is 21.5 Å². The Morgan fingerprint density at radius 2 is 1.79 bits per heavy atom. The summed E-state index contributed by atoms with van der Waals surface area (Å²) in [5, 5.41) is 13.5. The number of para-hydroxylation sites is 2. The van der Waals surface area contributed by atoms with E-state index in [0.29, 0.717) is 36.4 Å². The van der Waals surface area contributed by atoms with Crippen molar-refractivity contribution in [3.8, 4) is 0 Å². The molecule has 9 heteroatoms. The summed E-state index contributed by atoms with van der Waals surface area (Å²) in [6.45, 7) is 6.14. The van der Waals surface area contributed by atoms with Crippen LogP contribution in [-0.4, -0.2) is 65.8 Å². The summed E-state index contributed by atoms with van der Waals surface area (Å²) >= 11 is 0. The maximum atomic E-state index is 12.5. The lowest BCUT2D eigenvalue weighted by Gasteiger charge is -2.27. The predicted molar refractivity (Wildman–Crippen MR) is 133 cm³/mol. The van der Waals surface area contributed by atoms with Crippen LogP contribution in [0.4, 0.5) is 11.4 Å². The zero-order valence-corrected chi connectivity index (χ0v) is 19.2. The Balaban J connectivity index is 1.23. The minimum Gasteiger partial charge on any atom is -0.397 e. The molecule has 4 rings (SSSR count). The number of hydrogen-bond donors (Lipinski definition) is 4. The number of anilines is 2. The van der Waals surface area contributed by atoms with Crippen LogP contribution in [-0.2, 0) is 17.8 Å². The van der Waals surface area contributed by atoms with Gasteiger partial charge in [0.15, 0.2) is 0 Å². The summed E-state index contributed by atoms with van der Waals surface area (Å²) in [5.41, 5.74) is 9.43. The molecule has 178 valence electrons. The number of amides is 2. The molecule has 1 fully saturated rings. The van der Waals surface area contributed by atoms with Gasteiger partial charge in [0.2, 0.25) is 5.91 Å². The van der Waals surface area contributed by atoms with E-state index in [0.717, 1.165) is 43.9 Å². The fourth-order valence-electron chi connectivity index (χ4n) is 3.87. The third-order valence-electron chi connectivity index (χ3n) is 5.78. The van der Waals surface area contributed by atoms with E-state index in [1.807, 2.05) is 30.5 Å². The van der Waals surface area contributed by atoms with Crippen molar-refractivity contribution in [2.75, 3.05) is 50.3 Å². The topological polar surface area (TPSA) is 117 Å². The molecule has 1 aromatic heterocycles. The van der Waals surface area contributed by atoms with Gasteiger partial charge in [0.05, 0.1) is 30.5 Å². The maximum absolute atomic E-state index is 12.5. The first kappa shape index (κ1) is 23.5. The number of hydrogen-bond acceptors (Lipinski definition) is 6. The molecule has 2 amide bonds. The molecule has 9 nitrogen and oxygen atoms in total. The molecule has 0 radical (unpaired) electrons. The minimum absolute atomic E-state index is 0.00380. The first-order chi connectivity index (χ1) is 16.6. The van der Waals surface area contributed by atoms with E-state index in [2.05, 4.69) is 25.9 Å². The molecule has 5 N–H and O–H groups in total. The molecular weight excluding hydrogens is 430 g/mol. The van der Waals surface area contributed by atoms with Crippen molar-refractivity contribution in [3.05, 3.63) is 77.6 Å². The van der Waals surface area contributed by atoms with Crippen molar-refractivity contribution >= 4 is 23.2 Å². The highest BCUT2D eigenvalue weighted by Gasteiger charge is 2.11. The van der Waals surface area contributed by atoms with Crippen molar-refractivity contribution in [1.29, 1.82) is 0 Å². The van der Waals surface area contributed by atoms with Crippen LogP contribution < -0.4 is 21.7 Å². The van der Waals surface area contributed by atoms with Crippen LogP contribution in [0.5, 0.6) is 0 Å². The first-order valence-electron chi connectivity index (χ1n) is 11.5. The van der Waals surface area contributed by atoms with Gasteiger partial charge in [0.1, 0.15) is 0 Å². The quantitative estimate of drug-likeness (QED) is 0.357. The number of rotatable bonds is 9. The highest BCUT2D eigenvalue weighted by atomic mass is 16.2. The van der Waals surface area contributed by atoms with Crippen LogP contribution in [0.15, 0.2) is 60.9 Å². The van der Waals surface area contributed by atoms with Gasteiger partial charge in [-0.25, -0.2) is 0 Å². The van der Waals surface area contributed by atoms with Gasteiger partial charge in [-0.05, 0) is 35.4 Å². The van der Waals surface area contributed by atoms with E-state index in [4.69, 9.17) is 5.73 Å². The molecular formula is C25H31N7O2. The Morgan fingerprint density at radius 1 is 1.03 bits per heavy atom. The number of nitrogens with one attached hydrogen (secondary N) is 3. The number of nitrogens with zero attached hydrogens (tertiary/aromatic N) is 3. The highest BCUT2D eigenvalue weighted by Crippen LogP contribution is 2.18. The average Bonchev–Trinajstić information content (AvgIpc) is 3.28. The third kappa shape index (κ3) is 6.66. The third-order valence-corrected chi connectivity index (χ3v) is 5.78. The number of benzene rings is 2. The van der Waals surface area contributed by atoms with E-state index in [9.17, 15) is 9.59 Å². The van der Waals surface area contributed by atoms with Gasteiger partial charge in [-0.15, -0.1) is 0 Å². The van der Waals surface area contributed by atoms with Crippen molar-refractivity contribution in [2.45, 2.75) is 13.0 Å². The van der Waals surface area contributed by atoms with Gasteiger partial charge in [-0.2, -0.15) is 5.10 Å². The number of carbonyl (C=O) groups is 2. The Bertz CT molecular complexity index is 1100. The molecule has 34 heavy (non-hydrogen) atoms. The predicted octanol–water partition coefficient (Wildman–Crippen LogP) is 1.33. The smallest absolute Gasteiger partial charge is 0.255 e. The Morgan fingerprint density at radius 3 is 2.56 bits per heavy atom. The van der Waals surface area contributed by atoms with Gasteiger partial charge in [0, 0.05) is 51.0 Å². The maximum Gasteiger partial charge on any atom is 0.255 e. The summed E-state index contributed by atoms with van der Waals surface area (Å²) < 4.78 is 1.79. The zero-order valence-electron chi connectivity index (χ0n) is 19.2. The molecule has 3 aromatic rings. The first-order valence-corrected chi connectivity index (χ1v) is 11.5. The van der Waals surface area contributed by atoms with E-state index in [-0.39, 0.29) is 11.8 Å². The van der Waals surface area contributed by atoms with Crippen LogP contribution in [0.2, 0.25) is 0 Å². The number of piperazine rings is 1. The Kier molecular flexibility index (Phi) is 7.90. The molecule has 2 heterocycles. The second-order valence-corrected chi connectivity index (χ2v) is 8.40. The Hall–Kier alpha value is -3.69. The van der Waals surface area contributed by atoms with E-state index < -0.39 is 0 Å². The molecule has 1 aliphatic heterocycles. The lowest BCUT2D eigenvalue weighted by atomic mass is 10.1. The number of nitrogens with two attached hydrogens (primary N) is 1. The lowest BCUT2D eigenvalue weighted by molar-refractivity contribution is -0.120. The lowest BCUT2D eigenvalue weighted by Crippen LogP contribution is -2.46. The standard InChI is InChI=1S/C25H31N7O2/c26-22-3-1-2-4-23(22)30-25(34)21-7-5-19(6-8-21)17-32-18-20(16-29-32)15-24(33)28-11-14-31-12-9-27-10-13-31/h1-8,16,18,27H,9-15,17,26H2,(H,28,33)(H,30,34). The number of carbonyl (C=O) groups excluding carboxylic acids is 2. The highest BCUT2D eigenvalue weighted by molar-refractivity contribution is 6.05. The minimum atomic E-state index is -0.214. The van der Waals surface area contributed by atoms with Gasteiger partial charge in [-0.3, -0.25) is 19.2 Å². The summed E-state index contributed by atoms with van der Waals surface area (Å²) in [4.78, 5) is 27.1.